The summed E-state index contributed by atoms with van der Waals surface area (Å²) in [5.74, 6) is 0.544. The van der Waals surface area contributed by atoms with E-state index in [4.69, 9.17) is 11.1 Å². The van der Waals surface area contributed by atoms with Gasteiger partial charge in [-0.15, -0.1) is 12.4 Å². The standard InChI is InChI=1S/C7H17N5.ClH/c1-4-5-12(3)7(10-2)11-6(8)9;/h4-5H2,1-3H3,(H4,8,9,10,11);1H. The third kappa shape index (κ3) is 6.21. The molecule has 6 heteroatoms. The smallest absolute Gasteiger partial charge is 0.200 e. The van der Waals surface area contributed by atoms with Crippen LogP contribution in [0.25, 0.3) is 0 Å². The van der Waals surface area contributed by atoms with Gasteiger partial charge in [0.05, 0.1) is 0 Å². The van der Waals surface area contributed by atoms with Crippen molar-refractivity contribution in [2.75, 3.05) is 20.6 Å². The van der Waals surface area contributed by atoms with Crippen molar-refractivity contribution in [1.82, 2.24) is 10.2 Å². The molecule has 0 aliphatic heterocycles. The number of rotatable bonds is 2. The van der Waals surface area contributed by atoms with Crippen molar-refractivity contribution < 1.29 is 0 Å². The van der Waals surface area contributed by atoms with Crippen LogP contribution >= 0.6 is 12.4 Å². The van der Waals surface area contributed by atoms with Gasteiger partial charge in [-0.1, -0.05) is 6.92 Å². The Morgan fingerprint density at radius 3 is 2.46 bits per heavy atom. The molecule has 0 rings (SSSR count). The Kier molecular flexibility index (Phi) is 8.58. The first kappa shape index (κ1) is 14.5. The van der Waals surface area contributed by atoms with Crippen molar-refractivity contribution in [2.45, 2.75) is 13.3 Å². The van der Waals surface area contributed by atoms with E-state index in [1.807, 2.05) is 11.9 Å². The third-order valence-electron chi connectivity index (χ3n) is 1.38. The molecule has 0 aromatic rings. The lowest BCUT2D eigenvalue weighted by atomic mass is 10.4. The zero-order valence-corrected chi connectivity index (χ0v) is 9.11. The number of aliphatic imine (C=N–C) groups is 1. The lowest BCUT2D eigenvalue weighted by molar-refractivity contribution is 0.488. The molecule has 78 valence electrons. The predicted molar refractivity (Wildman–Crippen MR) is 58.6 cm³/mol. The van der Waals surface area contributed by atoms with E-state index >= 15 is 0 Å². The van der Waals surface area contributed by atoms with Crippen molar-refractivity contribution in [3.63, 3.8) is 0 Å². The number of nitrogens with one attached hydrogen (secondary N) is 2. The van der Waals surface area contributed by atoms with E-state index in [1.165, 1.54) is 0 Å². The molecule has 0 heterocycles. The van der Waals surface area contributed by atoms with Gasteiger partial charge in [0.2, 0.25) is 0 Å². The second-order valence-corrected chi connectivity index (χ2v) is 2.51. The summed E-state index contributed by atoms with van der Waals surface area (Å²) >= 11 is 0. The zero-order chi connectivity index (χ0) is 9.56. The van der Waals surface area contributed by atoms with Gasteiger partial charge in [-0.2, -0.15) is 0 Å². The van der Waals surface area contributed by atoms with Gasteiger partial charge in [-0.3, -0.25) is 15.7 Å². The normalized spacial score (nSPS) is 10.2. The lowest BCUT2D eigenvalue weighted by Crippen LogP contribution is -2.45. The molecule has 0 radical (unpaired) electrons. The number of hydrogen-bond donors (Lipinski definition) is 3. The fraction of sp³-hybridized carbons (Fsp3) is 0.714. The maximum Gasteiger partial charge on any atom is 0.200 e. The van der Waals surface area contributed by atoms with E-state index in [0.717, 1.165) is 13.0 Å². The highest BCUT2D eigenvalue weighted by atomic mass is 35.5. The lowest BCUT2D eigenvalue weighted by Gasteiger charge is -2.20. The minimum Gasteiger partial charge on any atom is -0.370 e. The first-order valence-corrected chi connectivity index (χ1v) is 3.90. The minimum atomic E-state index is -0.0847. The molecule has 0 saturated heterocycles. The molecule has 0 aliphatic rings. The molecular formula is C7H18ClN5. The highest BCUT2D eigenvalue weighted by Crippen LogP contribution is 1.86. The molecule has 0 saturated carbocycles. The van der Waals surface area contributed by atoms with Crippen molar-refractivity contribution >= 4 is 24.3 Å². The monoisotopic (exact) mass is 207 g/mol. The SMILES string of the molecule is CCCN(C)C(=NC)NC(=N)N.Cl. The van der Waals surface area contributed by atoms with Gasteiger partial charge in [0, 0.05) is 20.6 Å². The molecule has 0 amide bonds. The van der Waals surface area contributed by atoms with Gasteiger partial charge in [-0.25, -0.2) is 0 Å². The maximum atomic E-state index is 7.01. The van der Waals surface area contributed by atoms with Gasteiger partial charge < -0.3 is 10.6 Å². The summed E-state index contributed by atoms with van der Waals surface area (Å²) in [7, 11) is 3.57. The van der Waals surface area contributed by atoms with Crippen LogP contribution in [0.4, 0.5) is 0 Å². The fourth-order valence-electron chi connectivity index (χ4n) is 0.884. The van der Waals surface area contributed by atoms with Gasteiger partial charge in [0.15, 0.2) is 11.9 Å². The van der Waals surface area contributed by atoms with Crippen LogP contribution in [0.1, 0.15) is 13.3 Å². The predicted octanol–water partition coefficient (Wildman–Crippen LogP) is 0.219. The summed E-state index contributed by atoms with van der Waals surface area (Å²) in [6.07, 6.45) is 1.04. The molecule has 0 aliphatic carbocycles. The molecule has 0 spiro atoms. The average molecular weight is 208 g/mol. The molecule has 0 atom stereocenters. The summed E-state index contributed by atoms with van der Waals surface area (Å²) in [6.45, 7) is 2.98. The molecule has 0 bridgehead atoms. The van der Waals surface area contributed by atoms with Gasteiger partial charge in [-0.05, 0) is 6.42 Å². The Hall–Kier alpha value is -0.970. The highest BCUT2D eigenvalue weighted by Gasteiger charge is 2.03. The molecule has 13 heavy (non-hydrogen) atoms. The quantitative estimate of drug-likeness (QED) is 0.448. The van der Waals surface area contributed by atoms with Crippen LogP contribution in [0.2, 0.25) is 0 Å². The van der Waals surface area contributed by atoms with Crippen molar-refractivity contribution in [3.8, 4) is 0 Å². The van der Waals surface area contributed by atoms with Crippen LogP contribution in [0.5, 0.6) is 0 Å². The molecule has 0 aromatic carbocycles. The first-order valence-electron chi connectivity index (χ1n) is 3.90. The number of hydrogen-bond acceptors (Lipinski definition) is 2. The van der Waals surface area contributed by atoms with Crippen LogP contribution in [-0.4, -0.2) is 37.5 Å². The molecule has 0 fully saturated rings. The van der Waals surface area contributed by atoms with Crippen LogP contribution in [0.3, 0.4) is 0 Å². The largest absolute Gasteiger partial charge is 0.370 e. The molecular weight excluding hydrogens is 190 g/mol. The minimum absolute atomic E-state index is 0. The summed E-state index contributed by atoms with van der Waals surface area (Å²) in [5, 5.41) is 9.66. The first-order chi connectivity index (χ1) is 5.61. The summed E-state index contributed by atoms with van der Waals surface area (Å²) < 4.78 is 0. The Labute approximate surface area is 85.3 Å². The summed E-state index contributed by atoms with van der Waals surface area (Å²) in [4.78, 5) is 5.88. The van der Waals surface area contributed by atoms with E-state index in [9.17, 15) is 0 Å². The topological polar surface area (TPSA) is 77.5 Å². The fourth-order valence-corrected chi connectivity index (χ4v) is 0.884. The maximum absolute atomic E-state index is 7.01. The number of nitrogens with zero attached hydrogens (tertiary/aromatic N) is 2. The molecule has 0 unspecified atom stereocenters. The van der Waals surface area contributed by atoms with Crippen molar-refractivity contribution in [1.29, 1.82) is 5.41 Å². The Balaban J connectivity index is 0. The van der Waals surface area contributed by atoms with Gasteiger partial charge in [0.25, 0.3) is 0 Å². The number of guanidine groups is 2. The van der Waals surface area contributed by atoms with Crippen LogP contribution in [0, 0.1) is 5.41 Å². The molecule has 0 aromatic heterocycles. The Bertz CT molecular complexity index is 180. The van der Waals surface area contributed by atoms with E-state index in [0.29, 0.717) is 5.96 Å². The van der Waals surface area contributed by atoms with E-state index in [2.05, 4.69) is 17.2 Å². The summed E-state index contributed by atoms with van der Waals surface area (Å²) in [6, 6.07) is 0. The number of nitrogens with two attached hydrogens (primary N) is 1. The zero-order valence-electron chi connectivity index (χ0n) is 8.29. The van der Waals surface area contributed by atoms with Crippen LogP contribution in [-0.2, 0) is 0 Å². The van der Waals surface area contributed by atoms with E-state index in [-0.39, 0.29) is 18.4 Å². The van der Waals surface area contributed by atoms with Crippen LogP contribution < -0.4 is 11.1 Å². The third-order valence-corrected chi connectivity index (χ3v) is 1.38. The average Bonchev–Trinajstić information content (AvgIpc) is 2.00. The van der Waals surface area contributed by atoms with Gasteiger partial charge in [0.1, 0.15) is 0 Å². The highest BCUT2D eigenvalue weighted by molar-refractivity contribution is 5.96. The van der Waals surface area contributed by atoms with Gasteiger partial charge >= 0.3 is 0 Å². The molecule has 4 N–H and O–H groups in total. The summed E-state index contributed by atoms with van der Waals surface area (Å²) in [5.41, 5.74) is 5.17. The second-order valence-electron chi connectivity index (χ2n) is 2.51. The van der Waals surface area contributed by atoms with Crippen molar-refractivity contribution in [2.24, 2.45) is 10.7 Å². The Morgan fingerprint density at radius 2 is 2.15 bits per heavy atom. The van der Waals surface area contributed by atoms with Crippen molar-refractivity contribution in [3.05, 3.63) is 0 Å². The number of halogens is 1. The Morgan fingerprint density at radius 1 is 1.62 bits per heavy atom. The van der Waals surface area contributed by atoms with E-state index in [1.54, 1.807) is 7.05 Å². The second kappa shape index (κ2) is 7.67. The van der Waals surface area contributed by atoms with Crippen LogP contribution in [0.15, 0.2) is 4.99 Å². The van der Waals surface area contributed by atoms with E-state index < -0.39 is 0 Å². The molecule has 5 nitrogen and oxygen atoms in total.